The van der Waals surface area contributed by atoms with E-state index in [-0.39, 0.29) is 0 Å². The van der Waals surface area contributed by atoms with Crippen molar-refractivity contribution in [1.29, 1.82) is 0 Å². The van der Waals surface area contributed by atoms with E-state index in [0.29, 0.717) is 5.17 Å². The van der Waals surface area contributed by atoms with Crippen molar-refractivity contribution in [3.05, 3.63) is 29.6 Å². The molecule has 4 nitrogen and oxygen atoms in total. The first-order valence-corrected chi connectivity index (χ1v) is 10.5. The normalized spacial score (nSPS) is 16.7. The Balaban J connectivity index is 0.00000116. The summed E-state index contributed by atoms with van der Waals surface area (Å²) in [5.74, 6) is 0. The van der Waals surface area contributed by atoms with Gasteiger partial charge in [-0.2, -0.15) is 10.2 Å². The van der Waals surface area contributed by atoms with E-state index in [1.165, 1.54) is 25.7 Å². The Hall–Kier alpha value is -0.512. The fourth-order valence-corrected chi connectivity index (χ4v) is 2.46. The Bertz CT molecular complexity index is 514. The minimum absolute atomic E-state index is 0.596. The molecule has 0 amide bonds. The van der Waals surface area contributed by atoms with E-state index in [0.717, 1.165) is 30.2 Å². The van der Waals surface area contributed by atoms with Crippen LogP contribution in [0.5, 0.6) is 0 Å². The van der Waals surface area contributed by atoms with Gasteiger partial charge in [0, 0.05) is 24.0 Å². The van der Waals surface area contributed by atoms with Crippen molar-refractivity contribution in [2.45, 2.75) is 39.5 Å². The quantitative estimate of drug-likeness (QED) is 0.260. The molecule has 22 heavy (non-hydrogen) atoms. The Kier molecular flexibility index (Phi) is 9.85. The average molecular weight is 520 g/mol. The molecule has 124 valence electrons. The molecule has 1 aromatic rings. The van der Waals surface area contributed by atoms with Gasteiger partial charge in [0.1, 0.15) is 0 Å². The molecule has 0 spiro atoms. The van der Waals surface area contributed by atoms with Crippen LogP contribution in [-0.4, -0.2) is 33.9 Å². The van der Waals surface area contributed by atoms with E-state index in [2.05, 4.69) is 29.5 Å². The van der Waals surface area contributed by atoms with E-state index in [9.17, 15) is 0 Å². The molecule has 1 aromatic heterocycles. The zero-order chi connectivity index (χ0) is 16.4. The number of aromatic nitrogens is 1. The summed E-state index contributed by atoms with van der Waals surface area (Å²) in [5, 5.41) is 9.03. The van der Waals surface area contributed by atoms with Gasteiger partial charge in [0.25, 0.3) is 0 Å². The summed E-state index contributed by atoms with van der Waals surface area (Å²) < 4.78 is 0. The van der Waals surface area contributed by atoms with Gasteiger partial charge in [-0.05, 0) is 38.8 Å². The number of likely N-dealkylation sites (tertiary alicyclic amines) is 1. The Labute approximate surface area is 153 Å². The third-order valence-electron chi connectivity index (χ3n) is 3.42. The second-order valence-corrected chi connectivity index (χ2v) is 5.50. The number of rotatable bonds is 2. The third kappa shape index (κ3) is 6.72. The molecule has 2 rings (SSSR count). The summed E-state index contributed by atoms with van der Waals surface area (Å²) in [5.41, 5.74) is 2.63. The summed E-state index contributed by atoms with van der Waals surface area (Å²) in [7, 11) is 4.61. The average Bonchev–Trinajstić information content (AvgIpc) is 2.83. The fraction of sp³-hybridized carbons (Fsp3) is 0.533. The van der Waals surface area contributed by atoms with Crippen molar-refractivity contribution in [3.63, 3.8) is 0 Å². The number of hydrogen-bond donors (Lipinski definition) is 0. The van der Waals surface area contributed by atoms with Gasteiger partial charge in [0.2, 0.25) is 0 Å². The first-order valence-electron chi connectivity index (χ1n) is 7.27. The first kappa shape index (κ1) is 19.5. The summed E-state index contributed by atoms with van der Waals surface area (Å²) in [6.07, 6.45) is 4.96. The maximum atomic E-state index is 5.36. The molecule has 0 bridgehead atoms. The zero-order valence-corrected chi connectivity index (χ0v) is 16.7. The first-order chi connectivity index (χ1) is 10.7. The van der Waals surface area contributed by atoms with Gasteiger partial charge in [-0.15, -0.1) is 0 Å². The van der Waals surface area contributed by atoms with Crippen LogP contribution in [0.2, 0.25) is 0 Å². The molecule has 0 atom stereocenters. The molecule has 1 saturated heterocycles. The summed E-state index contributed by atoms with van der Waals surface area (Å²) in [6, 6.07) is 5.88. The number of hydrogen-bond acceptors (Lipinski definition) is 4. The van der Waals surface area contributed by atoms with Crippen LogP contribution in [0.3, 0.4) is 0 Å². The molecule has 2 heterocycles. The number of amidine groups is 1. The molecule has 1 fully saturated rings. The predicted molar refractivity (Wildman–Crippen MR) is 91.9 cm³/mol. The van der Waals surface area contributed by atoms with Gasteiger partial charge >= 0.3 is 28.2 Å². The molecule has 0 saturated carbocycles. The van der Waals surface area contributed by atoms with Gasteiger partial charge in [-0.3, -0.25) is 4.98 Å². The number of nitrogens with zero attached hydrogens (tertiary/aromatic N) is 4. The molecule has 0 aromatic carbocycles. The fourth-order valence-electron chi connectivity index (χ4n) is 2.24. The van der Waals surface area contributed by atoms with Crippen LogP contribution < -0.4 is 0 Å². The summed E-state index contributed by atoms with van der Waals surface area (Å²) >= 11 is 6.97. The van der Waals surface area contributed by atoms with E-state index >= 15 is 0 Å². The van der Waals surface area contributed by atoms with E-state index in [4.69, 9.17) is 12.6 Å². The monoisotopic (exact) mass is 519 g/mol. The standard InChI is InChI=1S/C15H22N4S.ClH.Pt/c1-12-8-7-9-14(16-12)13(2)17-18-15(20)19-10-5-3-4-6-11-19;;/h7-9H,3-6,10-11H2,1-2H3,(H,18,20);1H;/q;;+2/p-2/b17-13+;;. The van der Waals surface area contributed by atoms with Crippen molar-refractivity contribution in [2.24, 2.45) is 10.2 Å². The van der Waals surface area contributed by atoms with Gasteiger partial charge in [-0.25, -0.2) is 0 Å². The Morgan fingerprint density at radius 2 is 1.82 bits per heavy atom. The molecular formula is C15H21ClN4PtS. The number of halogens is 1. The van der Waals surface area contributed by atoms with Crippen LogP contribution in [0.4, 0.5) is 0 Å². The van der Waals surface area contributed by atoms with Crippen molar-refractivity contribution in [2.75, 3.05) is 13.1 Å². The van der Waals surface area contributed by atoms with Crippen LogP contribution in [0.1, 0.15) is 44.0 Å². The Morgan fingerprint density at radius 1 is 1.18 bits per heavy atom. The van der Waals surface area contributed by atoms with Crippen LogP contribution in [0.15, 0.2) is 28.4 Å². The summed E-state index contributed by atoms with van der Waals surface area (Å²) in [6.45, 7) is 5.88. The van der Waals surface area contributed by atoms with Crippen molar-refractivity contribution in [3.8, 4) is 0 Å². The Morgan fingerprint density at radius 3 is 2.41 bits per heavy atom. The zero-order valence-electron chi connectivity index (χ0n) is 12.9. The third-order valence-corrected chi connectivity index (χ3v) is 3.76. The van der Waals surface area contributed by atoms with Gasteiger partial charge in [-0.1, -0.05) is 18.9 Å². The second kappa shape index (κ2) is 11.1. The van der Waals surface area contributed by atoms with E-state index in [1.54, 1.807) is 18.8 Å². The molecule has 1 aliphatic heterocycles. The second-order valence-electron chi connectivity index (χ2n) is 5.13. The molecular weight excluding hydrogens is 499 g/mol. The van der Waals surface area contributed by atoms with Gasteiger partial charge in [0.05, 0.1) is 11.4 Å². The molecule has 1 aliphatic rings. The van der Waals surface area contributed by atoms with Crippen LogP contribution in [0, 0.1) is 6.92 Å². The van der Waals surface area contributed by atoms with Crippen LogP contribution in [0.25, 0.3) is 0 Å². The SMILES string of the molecule is C/C(=N\N=C(/[S-])N1CCCCCC1)c1cccc(C)n1.[Cl][Pt+]. The van der Waals surface area contributed by atoms with Crippen molar-refractivity contribution in [1.82, 2.24) is 9.88 Å². The molecule has 0 aliphatic carbocycles. The van der Waals surface area contributed by atoms with Crippen LogP contribution >= 0.6 is 9.42 Å². The summed E-state index contributed by atoms with van der Waals surface area (Å²) in [4.78, 5) is 6.59. The van der Waals surface area contributed by atoms with Crippen molar-refractivity contribution >= 4 is 32.9 Å². The minimum atomic E-state index is 0.596. The number of aryl methyl sites for hydroxylation is 1. The topological polar surface area (TPSA) is 40.9 Å². The molecule has 0 N–H and O–H groups in total. The van der Waals surface area contributed by atoms with Gasteiger partial charge < -0.3 is 17.5 Å². The maximum absolute atomic E-state index is 5.36. The molecule has 0 radical (unpaired) electrons. The molecule has 7 heteroatoms. The predicted octanol–water partition coefficient (Wildman–Crippen LogP) is 3.58. The van der Waals surface area contributed by atoms with Crippen LogP contribution in [-0.2, 0) is 31.4 Å². The van der Waals surface area contributed by atoms with E-state index < -0.39 is 0 Å². The van der Waals surface area contributed by atoms with Gasteiger partial charge in [0.15, 0.2) is 0 Å². The molecule has 0 unspecified atom stereocenters. The van der Waals surface area contributed by atoms with Crippen molar-refractivity contribution < 1.29 is 18.8 Å². The number of pyridine rings is 1. The van der Waals surface area contributed by atoms with E-state index in [1.807, 2.05) is 32.0 Å².